The van der Waals surface area contributed by atoms with Gasteiger partial charge in [-0.3, -0.25) is 0 Å². The number of ether oxygens (including phenoxy) is 1. The molecule has 1 aliphatic carbocycles. The Kier molecular flexibility index (Phi) is 4.56. The van der Waals surface area contributed by atoms with E-state index < -0.39 is 0 Å². The summed E-state index contributed by atoms with van der Waals surface area (Å²) >= 11 is 0. The largest absolute Gasteiger partial charge is 0.508 e. The maximum atomic E-state index is 9.57. The van der Waals surface area contributed by atoms with Crippen molar-refractivity contribution >= 4 is 5.69 Å². The highest BCUT2D eigenvalue weighted by atomic mass is 16.5. The van der Waals surface area contributed by atoms with Crippen LogP contribution < -0.4 is 5.32 Å². The number of benzene rings is 2. The first-order chi connectivity index (χ1) is 13.3. The van der Waals surface area contributed by atoms with Crippen LogP contribution >= 0.6 is 0 Å². The molecule has 3 aliphatic rings. The second kappa shape index (κ2) is 7.20. The number of hydrogen-bond acceptors (Lipinski definition) is 3. The lowest BCUT2D eigenvalue weighted by Crippen LogP contribution is -2.46. The van der Waals surface area contributed by atoms with Gasteiger partial charge in [-0.25, -0.2) is 0 Å². The SMILES string of the molecule is Oc1ccc(-c2ccc3c(c2)[C@H]2OCCC[C@H]2C(C2CCCCC2)N3)cc1. The van der Waals surface area contributed by atoms with E-state index in [0.717, 1.165) is 18.1 Å². The summed E-state index contributed by atoms with van der Waals surface area (Å²) in [6.07, 6.45) is 9.56. The fourth-order valence-corrected chi connectivity index (χ4v) is 5.50. The number of fused-ring (bicyclic) bond motifs is 3. The van der Waals surface area contributed by atoms with E-state index in [1.807, 2.05) is 12.1 Å². The Balaban J connectivity index is 1.50. The molecule has 2 fully saturated rings. The highest BCUT2D eigenvalue weighted by molar-refractivity contribution is 5.70. The Bertz CT molecular complexity index is 795. The molecule has 0 spiro atoms. The Hall–Kier alpha value is -2.00. The summed E-state index contributed by atoms with van der Waals surface area (Å²) in [7, 11) is 0. The van der Waals surface area contributed by atoms with Crippen molar-refractivity contribution < 1.29 is 9.84 Å². The molecule has 2 aliphatic heterocycles. The lowest BCUT2D eigenvalue weighted by Gasteiger charge is -2.47. The zero-order valence-electron chi connectivity index (χ0n) is 15.9. The van der Waals surface area contributed by atoms with Crippen molar-refractivity contribution in [3.63, 3.8) is 0 Å². The van der Waals surface area contributed by atoms with Crippen LogP contribution in [0.5, 0.6) is 5.75 Å². The molecule has 3 atom stereocenters. The molecule has 0 bridgehead atoms. The van der Waals surface area contributed by atoms with Crippen LogP contribution in [0.1, 0.15) is 56.6 Å². The number of aromatic hydroxyl groups is 1. The number of phenolic OH excluding ortho intramolecular Hbond substituents is 1. The van der Waals surface area contributed by atoms with E-state index in [1.165, 1.54) is 61.8 Å². The molecular weight excluding hydrogens is 334 g/mol. The molecule has 2 aromatic carbocycles. The van der Waals surface area contributed by atoms with Crippen LogP contribution in [0.3, 0.4) is 0 Å². The van der Waals surface area contributed by atoms with Gasteiger partial charge >= 0.3 is 0 Å². The molecule has 2 N–H and O–H groups in total. The van der Waals surface area contributed by atoms with Gasteiger partial charge in [0.25, 0.3) is 0 Å². The fraction of sp³-hybridized carbons (Fsp3) is 0.500. The molecule has 0 radical (unpaired) electrons. The number of phenols is 1. The highest BCUT2D eigenvalue weighted by Crippen LogP contribution is 2.48. The van der Waals surface area contributed by atoms with Crippen molar-refractivity contribution in [3.05, 3.63) is 48.0 Å². The van der Waals surface area contributed by atoms with Gasteiger partial charge < -0.3 is 15.2 Å². The van der Waals surface area contributed by atoms with Crippen LogP contribution in [-0.4, -0.2) is 17.8 Å². The summed E-state index contributed by atoms with van der Waals surface area (Å²) in [5.41, 5.74) is 4.91. The van der Waals surface area contributed by atoms with Gasteiger partial charge in [0.1, 0.15) is 5.75 Å². The van der Waals surface area contributed by atoms with Crippen LogP contribution in [0, 0.1) is 11.8 Å². The van der Waals surface area contributed by atoms with Gasteiger partial charge in [-0.2, -0.15) is 0 Å². The third kappa shape index (κ3) is 3.23. The Morgan fingerprint density at radius 3 is 2.44 bits per heavy atom. The van der Waals surface area contributed by atoms with Crippen molar-refractivity contribution in [2.45, 2.75) is 57.1 Å². The zero-order valence-corrected chi connectivity index (χ0v) is 15.9. The number of nitrogens with one attached hydrogen (secondary N) is 1. The minimum Gasteiger partial charge on any atom is -0.508 e. The van der Waals surface area contributed by atoms with Crippen LogP contribution in [0.15, 0.2) is 42.5 Å². The summed E-state index contributed by atoms with van der Waals surface area (Å²) in [6, 6.07) is 14.8. The lowest BCUT2D eigenvalue weighted by molar-refractivity contribution is -0.0457. The van der Waals surface area contributed by atoms with Gasteiger partial charge in [0.05, 0.1) is 6.10 Å². The van der Waals surface area contributed by atoms with Crippen molar-refractivity contribution in [2.75, 3.05) is 11.9 Å². The van der Waals surface area contributed by atoms with Crippen molar-refractivity contribution in [2.24, 2.45) is 11.8 Å². The van der Waals surface area contributed by atoms with Crippen molar-refractivity contribution in [3.8, 4) is 16.9 Å². The maximum Gasteiger partial charge on any atom is 0.115 e. The molecule has 2 heterocycles. The Labute approximate surface area is 161 Å². The monoisotopic (exact) mass is 363 g/mol. The smallest absolute Gasteiger partial charge is 0.115 e. The van der Waals surface area contributed by atoms with Gasteiger partial charge in [0.2, 0.25) is 0 Å². The minimum atomic E-state index is 0.221. The molecule has 1 saturated carbocycles. The van der Waals surface area contributed by atoms with Gasteiger partial charge in [-0.05, 0) is 67.0 Å². The van der Waals surface area contributed by atoms with Crippen LogP contribution in [0.2, 0.25) is 0 Å². The first-order valence-corrected chi connectivity index (χ1v) is 10.6. The predicted molar refractivity (Wildman–Crippen MR) is 109 cm³/mol. The van der Waals surface area contributed by atoms with Gasteiger partial charge in [0.15, 0.2) is 0 Å². The summed E-state index contributed by atoms with van der Waals surface area (Å²) in [5.74, 6) is 1.69. The third-order valence-electron chi connectivity index (χ3n) is 6.87. The summed E-state index contributed by atoms with van der Waals surface area (Å²) in [5, 5.41) is 13.5. The molecule has 5 rings (SSSR count). The summed E-state index contributed by atoms with van der Waals surface area (Å²) in [4.78, 5) is 0. The molecule has 1 unspecified atom stereocenters. The molecule has 1 saturated heterocycles. The first kappa shape index (κ1) is 17.1. The van der Waals surface area contributed by atoms with E-state index in [9.17, 15) is 5.11 Å². The normalized spacial score (nSPS) is 28.1. The predicted octanol–water partition coefficient (Wildman–Crippen LogP) is 5.90. The van der Waals surface area contributed by atoms with E-state index in [1.54, 1.807) is 12.1 Å². The molecule has 3 nitrogen and oxygen atoms in total. The number of hydrogen-bond donors (Lipinski definition) is 2. The number of anilines is 1. The fourth-order valence-electron chi connectivity index (χ4n) is 5.50. The van der Waals surface area contributed by atoms with Gasteiger partial charge in [0, 0.05) is 29.8 Å². The molecule has 0 amide bonds. The minimum absolute atomic E-state index is 0.221. The van der Waals surface area contributed by atoms with E-state index in [-0.39, 0.29) is 6.10 Å². The van der Waals surface area contributed by atoms with Crippen molar-refractivity contribution in [1.29, 1.82) is 0 Å². The first-order valence-electron chi connectivity index (χ1n) is 10.6. The summed E-state index contributed by atoms with van der Waals surface area (Å²) in [6.45, 7) is 0.876. The lowest BCUT2D eigenvalue weighted by atomic mass is 9.71. The standard InChI is InChI=1S/C24H29NO2/c26-19-11-8-16(9-12-19)18-10-13-22-21(15-18)24-20(7-4-14-27-24)23(25-22)17-5-2-1-3-6-17/h8-13,15,17,20,23-26H,1-7,14H2/t20-,23?,24-/m0/s1. The number of rotatable bonds is 2. The Morgan fingerprint density at radius 2 is 1.63 bits per heavy atom. The molecule has 2 aromatic rings. The summed E-state index contributed by atoms with van der Waals surface area (Å²) < 4.78 is 6.36. The van der Waals surface area contributed by atoms with E-state index in [4.69, 9.17) is 4.74 Å². The second-order valence-electron chi connectivity index (χ2n) is 8.51. The van der Waals surface area contributed by atoms with Crippen LogP contribution in [0.4, 0.5) is 5.69 Å². The van der Waals surface area contributed by atoms with E-state index >= 15 is 0 Å². The van der Waals surface area contributed by atoms with E-state index in [2.05, 4.69) is 23.5 Å². The molecular formula is C24H29NO2. The average Bonchev–Trinajstić information content (AvgIpc) is 2.74. The molecule has 0 aromatic heterocycles. The quantitative estimate of drug-likeness (QED) is 0.698. The van der Waals surface area contributed by atoms with Gasteiger partial charge in [-0.15, -0.1) is 0 Å². The van der Waals surface area contributed by atoms with E-state index in [0.29, 0.717) is 17.7 Å². The van der Waals surface area contributed by atoms with Crippen LogP contribution in [0.25, 0.3) is 11.1 Å². The third-order valence-corrected chi connectivity index (χ3v) is 6.87. The van der Waals surface area contributed by atoms with Gasteiger partial charge in [-0.1, -0.05) is 37.5 Å². The molecule has 27 heavy (non-hydrogen) atoms. The average molecular weight is 364 g/mol. The maximum absolute atomic E-state index is 9.57. The molecule has 3 heteroatoms. The van der Waals surface area contributed by atoms with Crippen molar-refractivity contribution in [1.82, 2.24) is 0 Å². The highest BCUT2D eigenvalue weighted by Gasteiger charge is 2.42. The Morgan fingerprint density at radius 1 is 0.852 bits per heavy atom. The molecule has 142 valence electrons. The van der Waals surface area contributed by atoms with Crippen LogP contribution in [-0.2, 0) is 4.74 Å². The topological polar surface area (TPSA) is 41.5 Å². The second-order valence-corrected chi connectivity index (χ2v) is 8.51. The zero-order chi connectivity index (χ0) is 18.2.